The van der Waals surface area contributed by atoms with Crippen molar-refractivity contribution < 1.29 is 14.3 Å². The summed E-state index contributed by atoms with van der Waals surface area (Å²) < 4.78 is 5.79. The molecule has 0 radical (unpaired) electrons. The molecule has 0 aliphatic heterocycles. The van der Waals surface area contributed by atoms with E-state index < -0.39 is 6.03 Å². The third kappa shape index (κ3) is 7.25. The predicted octanol–water partition coefficient (Wildman–Crippen LogP) is 3.95. The molecule has 0 atom stereocenters. The lowest BCUT2D eigenvalue weighted by Crippen LogP contribution is -2.29. The van der Waals surface area contributed by atoms with Crippen LogP contribution in [0.25, 0.3) is 0 Å². The molecular formula is C20H25N3O3. The Bertz CT molecular complexity index is 729. The summed E-state index contributed by atoms with van der Waals surface area (Å²) in [6.07, 6.45) is 2.87. The molecule has 0 unspecified atom stereocenters. The van der Waals surface area contributed by atoms with Crippen molar-refractivity contribution in [2.75, 3.05) is 11.9 Å². The van der Waals surface area contributed by atoms with Crippen molar-refractivity contribution in [1.82, 2.24) is 5.32 Å². The van der Waals surface area contributed by atoms with Gasteiger partial charge in [0.25, 0.3) is 0 Å². The molecule has 0 aliphatic rings. The van der Waals surface area contributed by atoms with E-state index in [1.807, 2.05) is 55.5 Å². The van der Waals surface area contributed by atoms with E-state index in [1.165, 1.54) is 0 Å². The molecule has 6 heteroatoms. The Hall–Kier alpha value is -3.02. The average molecular weight is 355 g/mol. The second-order valence-corrected chi connectivity index (χ2v) is 6.09. The molecule has 0 saturated carbocycles. The number of anilines is 1. The fourth-order valence-corrected chi connectivity index (χ4v) is 2.44. The maximum atomic E-state index is 11.9. The Balaban J connectivity index is 1.71. The quantitative estimate of drug-likeness (QED) is 0.594. The lowest BCUT2D eigenvalue weighted by Gasteiger charge is -2.09. The van der Waals surface area contributed by atoms with Crippen molar-refractivity contribution in [2.45, 2.75) is 32.6 Å². The molecule has 2 rings (SSSR count). The zero-order valence-electron chi connectivity index (χ0n) is 15.0. The van der Waals surface area contributed by atoms with E-state index in [0.717, 1.165) is 42.0 Å². The van der Waals surface area contributed by atoms with Gasteiger partial charge in [-0.3, -0.25) is 4.79 Å². The highest BCUT2D eigenvalue weighted by atomic mass is 16.5. The molecule has 0 bridgehead atoms. The van der Waals surface area contributed by atoms with Crippen LogP contribution in [0.4, 0.5) is 10.5 Å². The van der Waals surface area contributed by atoms with Gasteiger partial charge in [-0.25, -0.2) is 4.79 Å². The van der Waals surface area contributed by atoms with Crippen molar-refractivity contribution in [1.29, 1.82) is 0 Å². The van der Waals surface area contributed by atoms with E-state index in [0.29, 0.717) is 13.0 Å². The van der Waals surface area contributed by atoms with Crippen LogP contribution in [-0.2, 0) is 4.79 Å². The highest BCUT2D eigenvalue weighted by molar-refractivity contribution is 5.90. The van der Waals surface area contributed by atoms with Gasteiger partial charge in [0.2, 0.25) is 5.91 Å². The molecule has 2 aromatic rings. The van der Waals surface area contributed by atoms with Gasteiger partial charge in [0, 0.05) is 18.7 Å². The molecule has 3 amide bonds. The highest BCUT2D eigenvalue weighted by Crippen LogP contribution is 2.23. The number of hydrogen-bond acceptors (Lipinski definition) is 3. The Labute approximate surface area is 153 Å². The minimum Gasteiger partial charge on any atom is -0.457 e. The lowest BCUT2D eigenvalue weighted by molar-refractivity contribution is -0.116. The van der Waals surface area contributed by atoms with Crippen LogP contribution in [0.5, 0.6) is 11.5 Å². The van der Waals surface area contributed by atoms with Crippen molar-refractivity contribution in [3.63, 3.8) is 0 Å². The molecular weight excluding hydrogens is 330 g/mol. The number of rotatable bonds is 9. The first-order chi connectivity index (χ1) is 12.5. The maximum Gasteiger partial charge on any atom is 0.312 e. The van der Waals surface area contributed by atoms with E-state index >= 15 is 0 Å². The first-order valence-electron chi connectivity index (χ1n) is 8.71. The molecule has 0 spiro atoms. The van der Waals surface area contributed by atoms with Crippen LogP contribution in [0.1, 0.15) is 31.2 Å². The number of aryl methyl sites for hydroxylation is 1. The number of ether oxygens (including phenoxy) is 1. The van der Waals surface area contributed by atoms with Crippen molar-refractivity contribution in [2.24, 2.45) is 5.73 Å². The third-order valence-electron chi connectivity index (χ3n) is 3.74. The number of carbonyl (C=O) groups excluding carboxylic acids is 2. The first-order valence-corrected chi connectivity index (χ1v) is 8.71. The summed E-state index contributed by atoms with van der Waals surface area (Å²) in [5.74, 6) is 1.48. The topological polar surface area (TPSA) is 93.4 Å². The minimum atomic E-state index is -0.516. The largest absolute Gasteiger partial charge is 0.457 e. The van der Waals surface area contributed by atoms with Gasteiger partial charge >= 0.3 is 6.03 Å². The number of nitrogens with two attached hydrogens (primary N) is 1. The van der Waals surface area contributed by atoms with E-state index in [-0.39, 0.29) is 5.91 Å². The van der Waals surface area contributed by atoms with Gasteiger partial charge < -0.3 is 21.1 Å². The summed E-state index contributed by atoms with van der Waals surface area (Å²) in [7, 11) is 0. The van der Waals surface area contributed by atoms with Crippen molar-refractivity contribution in [3.8, 4) is 11.5 Å². The molecule has 2 aromatic carbocycles. The van der Waals surface area contributed by atoms with Gasteiger partial charge in [-0.2, -0.15) is 0 Å². The second-order valence-electron chi connectivity index (χ2n) is 6.09. The van der Waals surface area contributed by atoms with Crippen molar-refractivity contribution in [3.05, 3.63) is 54.1 Å². The van der Waals surface area contributed by atoms with Crippen molar-refractivity contribution >= 4 is 17.6 Å². The number of benzene rings is 2. The summed E-state index contributed by atoms with van der Waals surface area (Å²) in [5.41, 5.74) is 6.85. The number of nitrogens with one attached hydrogen (secondary N) is 2. The van der Waals surface area contributed by atoms with E-state index in [1.54, 1.807) is 0 Å². The summed E-state index contributed by atoms with van der Waals surface area (Å²) in [6.45, 7) is 2.55. The van der Waals surface area contributed by atoms with E-state index in [4.69, 9.17) is 10.5 Å². The van der Waals surface area contributed by atoms with Crippen LogP contribution in [-0.4, -0.2) is 18.5 Å². The Morgan fingerprint density at radius 1 is 1.00 bits per heavy atom. The standard InChI is InChI=1S/C20H25N3O3/c1-15-6-5-7-18(14-15)26-17-11-9-16(10-12-17)23-19(24)8-3-2-4-13-22-20(21)25/h5-7,9-12,14H,2-4,8,13H2,1H3,(H,23,24)(H3,21,22,25). The maximum absolute atomic E-state index is 11.9. The van der Waals surface area contributed by atoms with Crippen LogP contribution < -0.4 is 21.1 Å². The monoisotopic (exact) mass is 355 g/mol. The first kappa shape index (κ1) is 19.3. The zero-order chi connectivity index (χ0) is 18.8. The van der Waals surface area contributed by atoms with Crippen LogP contribution in [0.15, 0.2) is 48.5 Å². The Morgan fingerprint density at radius 2 is 1.77 bits per heavy atom. The average Bonchev–Trinajstić information content (AvgIpc) is 2.59. The normalized spacial score (nSPS) is 10.2. The number of primary amides is 1. The zero-order valence-corrected chi connectivity index (χ0v) is 15.0. The van der Waals surface area contributed by atoms with Crippen LogP contribution >= 0.6 is 0 Å². The van der Waals surface area contributed by atoms with Crippen LogP contribution in [0, 0.1) is 6.92 Å². The summed E-state index contributed by atoms with van der Waals surface area (Å²) in [5, 5.41) is 5.39. The number of unbranched alkanes of at least 4 members (excludes halogenated alkanes) is 2. The molecule has 138 valence electrons. The number of carbonyl (C=O) groups is 2. The number of hydrogen-bond donors (Lipinski definition) is 3. The third-order valence-corrected chi connectivity index (χ3v) is 3.74. The fraction of sp³-hybridized carbons (Fsp3) is 0.300. The molecule has 4 N–H and O–H groups in total. The van der Waals surface area contributed by atoms with Gasteiger partial charge in [-0.05, 0) is 61.7 Å². The molecule has 0 aromatic heterocycles. The SMILES string of the molecule is Cc1cccc(Oc2ccc(NC(=O)CCCCCNC(N)=O)cc2)c1. The molecule has 0 saturated heterocycles. The van der Waals surface area contributed by atoms with Gasteiger partial charge in [-0.15, -0.1) is 0 Å². The number of urea groups is 1. The summed E-state index contributed by atoms with van der Waals surface area (Å²) >= 11 is 0. The minimum absolute atomic E-state index is 0.0276. The number of amides is 3. The van der Waals surface area contributed by atoms with Gasteiger partial charge in [0.1, 0.15) is 11.5 Å². The van der Waals surface area contributed by atoms with Gasteiger partial charge in [-0.1, -0.05) is 18.6 Å². The summed E-state index contributed by atoms with van der Waals surface area (Å²) in [6, 6.07) is 14.6. The smallest absolute Gasteiger partial charge is 0.312 e. The Kier molecular flexibility index (Phi) is 7.49. The van der Waals surface area contributed by atoms with E-state index in [9.17, 15) is 9.59 Å². The van der Waals surface area contributed by atoms with Crippen LogP contribution in [0.3, 0.4) is 0 Å². The van der Waals surface area contributed by atoms with E-state index in [2.05, 4.69) is 10.6 Å². The molecule has 6 nitrogen and oxygen atoms in total. The fourth-order valence-electron chi connectivity index (χ4n) is 2.44. The lowest BCUT2D eigenvalue weighted by atomic mass is 10.2. The van der Waals surface area contributed by atoms with Gasteiger partial charge in [0.15, 0.2) is 0 Å². The Morgan fingerprint density at radius 3 is 2.46 bits per heavy atom. The second kappa shape index (κ2) is 10.1. The molecule has 0 heterocycles. The van der Waals surface area contributed by atoms with Crippen LogP contribution in [0.2, 0.25) is 0 Å². The summed E-state index contributed by atoms with van der Waals surface area (Å²) in [4.78, 5) is 22.5. The highest BCUT2D eigenvalue weighted by Gasteiger charge is 2.04. The predicted molar refractivity (Wildman–Crippen MR) is 102 cm³/mol. The molecule has 0 fully saturated rings. The molecule has 0 aliphatic carbocycles. The van der Waals surface area contributed by atoms with Gasteiger partial charge in [0.05, 0.1) is 0 Å². The molecule has 26 heavy (non-hydrogen) atoms.